The Bertz CT molecular complexity index is 1410. The summed E-state index contributed by atoms with van der Waals surface area (Å²) in [7, 11) is 0. The molecule has 0 N–H and O–H groups in total. The molecule has 0 radical (unpaired) electrons. The summed E-state index contributed by atoms with van der Waals surface area (Å²) in [6.07, 6.45) is 3.50. The molecule has 0 spiro atoms. The van der Waals surface area contributed by atoms with Crippen molar-refractivity contribution < 1.29 is 19.1 Å². The first-order valence-electron chi connectivity index (χ1n) is 15.0. The molecule has 42 heavy (non-hydrogen) atoms. The smallest absolute Gasteiger partial charge is 0.175 e. The van der Waals surface area contributed by atoms with Gasteiger partial charge in [0, 0.05) is 52.3 Å². The fourth-order valence-corrected chi connectivity index (χ4v) is 7.61. The molecular weight excluding hydrogens is 658 g/mol. The predicted octanol–water partition coefficient (Wildman–Crippen LogP) is 9.28. The average molecular weight is 700 g/mol. The first kappa shape index (κ1) is 31.1. The SMILES string of the molecule is CCCN1C2=C(C(=O)CC(C)(C)C2)C(c2cc(Br)c(OCc3ccc(Br)cc3)c(OCC)c2)C2=C1CC(C)(C)CC2=O. The van der Waals surface area contributed by atoms with Crippen LogP contribution in [0.4, 0.5) is 0 Å². The zero-order chi connectivity index (χ0) is 30.4. The number of ether oxygens (including phenoxy) is 2. The van der Waals surface area contributed by atoms with E-state index in [1.54, 1.807) is 0 Å². The Morgan fingerprint density at radius 1 is 0.833 bits per heavy atom. The lowest BCUT2D eigenvalue weighted by atomic mass is 9.63. The zero-order valence-electron chi connectivity index (χ0n) is 25.5. The molecule has 0 aromatic heterocycles. The summed E-state index contributed by atoms with van der Waals surface area (Å²) in [5.41, 5.74) is 5.41. The fourth-order valence-electron chi connectivity index (χ4n) is 6.77. The van der Waals surface area contributed by atoms with Gasteiger partial charge in [0.25, 0.3) is 0 Å². The minimum Gasteiger partial charge on any atom is -0.490 e. The van der Waals surface area contributed by atoms with Crippen LogP contribution in [0.15, 0.2) is 67.9 Å². The summed E-state index contributed by atoms with van der Waals surface area (Å²) >= 11 is 7.26. The normalized spacial score (nSPS) is 20.0. The standard InChI is InChI=1S/C35H41Br2NO4/c1-7-13-38-25-16-34(3,4)18-27(39)31(25)30(32-26(38)17-35(5,6)19-28(32)40)22-14-24(37)33(29(15-22)41-8-2)42-20-21-9-11-23(36)12-10-21/h9-12,14-15,30H,7-8,13,16-20H2,1-6H3. The molecule has 0 fully saturated rings. The molecule has 0 atom stereocenters. The minimum atomic E-state index is -0.425. The monoisotopic (exact) mass is 697 g/mol. The molecule has 0 saturated heterocycles. The lowest BCUT2D eigenvalue weighted by Gasteiger charge is -2.49. The molecule has 2 aliphatic carbocycles. The van der Waals surface area contributed by atoms with Gasteiger partial charge >= 0.3 is 0 Å². The largest absolute Gasteiger partial charge is 0.490 e. The minimum absolute atomic E-state index is 0.138. The maximum atomic E-state index is 14.0. The van der Waals surface area contributed by atoms with E-state index in [1.807, 2.05) is 43.3 Å². The maximum absolute atomic E-state index is 14.0. The lowest BCUT2D eigenvalue weighted by molar-refractivity contribution is -0.119. The number of rotatable bonds is 8. The van der Waals surface area contributed by atoms with Crippen LogP contribution in [0.25, 0.3) is 0 Å². The maximum Gasteiger partial charge on any atom is 0.175 e. The number of carbonyl (C=O) groups excluding carboxylic acids is 2. The van der Waals surface area contributed by atoms with E-state index in [-0.39, 0.29) is 22.4 Å². The van der Waals surface area contributed by atoms with E-state index in [1.165, 1.54) is 0 Å². The van der Waals surface area contributed by atoms with Crippen molar-refractivity contribution in [2.45, 2.75) is 86.2 Å². The van der Waals surface area contributed by atoms with Gasteiger partial charge in [0.05, 0.1) is 11.1 Å². The highest BCUT2D eigenvalue weighted by atomic mass is 79.9. The van der Waals surface area contributed by atoms with Crippen molar-refractivity contribution in [3.8, 4) is 11.5 Å². The number of nitrogens with zero attached hydrogens (tertiary/aromatic N) is 1. The van der Waals surface area contributed by atoms with E-state index >= 15 is 0 Å². The van der Waals surface area contributed by atoms with Gasteiger partial charge in [0.2, 0.25) is 0 Å². The van der Waals surface area contributed by atoms with Crippen LogP contribution < -0.4 is 9.47 Å². The predicted molar refractivity (Wildman–Crippen MR) is 174 cm³/mol. The van der Waals surface area contributed by atoms with E-state index in [0.717, 1.165) is 68.4 Å². The van der Waals surface area contributed by atoms with Crippen LogP contribution in [0, 0.1) is 10.8 Å². The molecule has 5 nitrogen and oxygen atoms in total. The van der Waals surface area contributed by atoms with Crippen LogP contribution in [-0.4, -0.2) is 29.6 Å². The topological polar surface area (TPSA) is 55.8 Å². The first-order chi connectivity index (χ1) is 19.8. The lowest BCUT2D eigenvalue weighted by Crippen LogP contribution is -2.44. The summed E-state index contributed by atoms with van der Waals surface area (Å²) in [5.74, 6) is 1.07. The fraction of sp³-hybridized carbons (Fsp3) is 0.486. The van der Waals surface area contributed by atoms with E-state index in [4.69, 9.17) is 9.47 Å². The molecule has 3 aliphatic rings. The van der Waals surface area contributed by atoms with E-state index < -0.39 is 5.92 Å². The van der Waals surface area contributed by atoms with Gasteiger partial charge in [-0.25, -0.2) is 0 Å². The molecule has 1 aliphatic heterocycles. The third-order valence-corrected chi connectivity index (χ3v) is 9.55. The van der Waals surface area contributed by atoms with Crippen molar-refractivity contribution in [2.24, 2.45) is 10.8 Å². The second-order valence-electron chi connectivity index (χ2n) is 13.4. The summed E-state index contributed by atoms with van der Waals surface area (Å²) < 4.78 is 14.2. The van der Waals surface area contributed by atoms with Crippen LogP contribution in [0.1, 0.15) is 90.7 Å². The molecule has 0 saturated carbocycles. The second-order valence-corrected chi connectivity index (χ2v) is 15.1. The molecule has 0 unspecified atom stereocenters. The average Bonchev–Trinajstić information content (AvgIpc) is 2.88. The van der Waals surface area contributed by atoms with Crippen molar-refractivity contribution >= 4 is 43.4 Å². The second kappa shape index (κ2) is 12.0. The molecule has 0 bridgehead atoms. The number of Topliss-reactive ketones (excluding diaryl/α,β-unsaturated/α-hetero) is 2. The Morgan fingerprint density at radius 2 is 1.40 bits per heavy atom. The van der Waals surface area contributed by atoms with Gasteiger partial charge in [0.1, 0.15) is 6.61 Å². The highest BCUT2D eigenvalue weighted by Crippen LogP contribution is 2.55. The van der Waals surface area contributed by atoms with Crippen LogP contribution in [0.5, 0.6) is 11.5 Å². The third kappa shape index (κ3) is 6.14. The van der Waals surface area contributed by atoms with Gasteiger partial charge in [0.15, 0.2) is 23.1 Å². The number of benzene rings is 2. The summed E-state index contributed by atoms with van der Waals surface area (Å²) in [5, 5.41) is 0. The van der Waals surface area contributed by atoms with Gasteiger partial charge in [-0.3, -0.25) is 9.59 Å². The van der Waals surface area contributed by atoms with Crippen molar-refractivity contribution in [3.05, 3.63) is 79.0 Å². The number of hydrogen-bond donors (Lipinski definition) is 0. The van der Waals surface area contributed by atoms with Gasteiger partial charge < -0.3 is 14.4 Å². The van der Waals surface area contributed by atoms with E-state index in [9.17, 15) is 9.59 Å². The van der Waals surface area contributed by atoms with Crippen LogP contribution >= 0.6 is 31.9 Å². The number of allylic oxidation sites excluding steroid dienone is 4. The number of halogens is 2. The Balaban J connectivity index is 1.66. The number of ketones is 2. The summed E-state index contributed by atoms with van der Waals surface area (Å²) in [6, 6.07) is 12.0. The van der Waals surface area contributed by atoms with Crippen molar-refractivity contribution in [1.82, 2.24) is 4.90 Å². The highest BCUT2D eigenvalue weighted by Gasteiger charge is 2.49. The Hall–Kier alpha value is -2.38. The molecule has 224 valence electrons. The van der Waals surface area contributed by atoms with Gasteiger partial charge in [-0.1, -0.05) is 62.7 Å². The Labute approximate surface area is 267 Å². The Kier molecular flexibility index (Phi) is 8.84. The first-order valence-corrected chi connectivity index (χ1v) is 16.6. The Morgan fingerprint density at radius 3 is 1.93 bits per heavy atom. The third-order valence-electron chi connectivity index (χ3n) is 8.43. The molecule has 1 heterocycles. The zero-order valence-corrected chi connectivity index (χ0v) is 28.7. The molecular formula is C35H41Br2NO4. The van der Waals surface area contributed by atoms with E-state index in [2.05, 4.69) is 71.4 Å². The highest BCUT2D eigenvalue weighted by molar-refractivity contribution is 9.10. The van der Waals surface area contributed by atoms with Crippen LogP contribution in [0.2, 0.25) is 0 Å². The summed E-state index contributed by atoms with van der Waals surface area (Å²) in [6.45, 7) is 14.5. The van der Waals surface area contributed by atoms with Gasteiger partial charge in [-0.05, 0) is 88.3 Å². The molecule has 2 aromatic carbocycles. The molecule has 7 heteroatoms. The van der Waals surface area contributed by atoms with Gasteiger partial charge in [-0.2, -0.15) is 0 Å². The van der Waals surface area contributed by atoms with Crippen molar-refractivity contribution in [2.75, 3.05) is 13.2 Å². The van der Waals surface area contributed by atoms with E-state index in [0.29, 0.717) is 37.6 Å². The van der Waals surface area contributed by atoms with Crippen molar-refractivity contribution in [3.63, 3.8) is 0 Å². The number of hydrogen-bond acceptors (Lipinski definition) is 5. The summed E-state index contributed by atoms with van der Waals surface area (Å²) in [4.78, 5) is 30.4. The molecule has 5 rings (SSSR count). The van der Waals surface area contributed by atoms with Crippen LogP contribution in [-0.2, 0) is 16.2 Å². The number of carbonyl (C=O) groups is 2. The molecule has 0 amide bonds. The van der Waals surface area contributed by atoms with Crippen LogP contribution in [0.3, 0.4) is 0 Å². The van der Waals surface area contributed by atoms with Crippen molar-refractivity contribution in [1.29, 1.82) is 0 Å². The molecule has 2 aromatic rings. The quantitative estimate of drug-likeness (QED) is 0.275. The van der Waals surface area contributed by atoms with Gasteiger partial charge in [-0.15, -0.1) is 0 Å².